The lowest BCUT2D eigenvalue weighted by molar-refractivity contribution is -0.147. The summed E-state index contributed by atoms with van der Waals surface area (Å²) in [6, 6.07) is 9.07. The highest BCUT2D eigenvalue weighted by atomic mass is 16.4. The van der Waals surface area contributed by atoms with Gasteiger partial charge in [0.05, 0.1) is 18.8 Å². The number of hydrogen-bond donors (Lipinski definition) is 4. The van der Waals surface area contributed by atoms with Crippen LogP contribution in [0.25, 0.3) is 0 Å². The van der Waals surface area contributed by atoms with E-state index in [1.54, 1.807) is 4.90 Å². The van der Waals surface area contributed by atoms with Crippen molar-refractivity contribution < 1.29 is 20.4 Å². The molecule has 1 aromatic rings. The van der Waals surface area contributed by atoms with Gasteiger partial charge in [0.15, 0.2) is 0 Å². The summed E-state index contributed by atoms with van der Waals surface area (Å²) in [7, 11) is 0. The summed E-state index contributed by atoms with van der Waals surface area (Å²) in [6.45, 7) is 0.503. The fraction of sp³-hybridized carbons (Fsp3) is 0.538. The molecule has 0 bridgehead atoms. The minimum atomic E-state index is -1.20. The molecule has 0 amide bonds. The van der Waals surface area contributed by atoms with Crippen LogP contribution in [0.3, 0.4) is 0 Å². The average Bonchev–Trinajstić information content (AvgIpc) is 2.38. The van der Waals surface area contributed by atoms with Gasteiger partial charge >= 0.3 is 0 Å². The van der Waals surface area contributed by atoms with Gasteiger partial charge < -0.3 is 20.4 Å². The monoisotopic (exact) mass is 253 g/mol. The molecule has 0 aromatic heterocycles. The number of rotatable bonds is 3. The molecule has 0 aliphatic carbocycles. The third kappa shape index (κ3) is 2.71. The van der Waals surface area contributed by atoms with E-state index in [1.807, 2.05) is 30.3 Å². The number of aliphatic hydroxyl groups is 4. The van der Waals surface area contributed by atoms with Gasteiger partial charge in [0.25, 0.3) is 0 Å². The third-order valence-electron chi connectivity index (χ3n) is 3.44. The van der Waals surface area contributed by atoms with E-state index in [2.05, 4.69) is 0 Å². The minimum Gasteiger partial charge on any atom is -0.395 e. The molecule has 1 fully saturated rings. The van der Waals surface area contributed by atoms with E-state index >= 15 is 0 Å². The van der Waals surface area contributed by atoms with Crippen molar-refractivity contribution in [2.45, 2.75) is 30.9 Å². The van der Waals surface area contributed by atoms with Crippen molar-refractivity contribution in [3.63, 3.8) is 0 Å². The van der Waals surface area contributed by atoms with Gasteiger partial charge in [-0.1, -0.05) is 30.3 Å². The standard InChI is InChI=1S/C13H19NO4/c15-8-10-12(17)13(18)11(16)7-14(10)6-9-4-2-1-3-5-9/h1-5,10-13,15-18H,6-8H2/t10?,11-,12+,13-/m0/s1. The first-order chi connectivity index (χ1) is 8.63. The van der Waals surface area contributed by atoms with E-state index in [4.69, 9.17) is 0 Å². The predicted octanol–water partition coefficient (Wildman–Crippen LogP) is -1.05. The van der Waals surface area contributed by atoms with Crippen LogP contribution in [-0.4, -0.2) is 62.8 Å². The van der Waals surface area contributed by atoms with Crippen LogP contribution in [0.15, 0.2) is 30.3 Å². The van der Waals surface area contributed by atoms with Crippen LogP contribution in [-0.2, 0) is 6.54 Å². The van der Waals surface area contributed by atoms with Gasteiger partial charge in [-0.15, -0.1) is 0 Å². The zero-order valence-electron chi connectivity index (χ0n) is 10.1. The lowest BCUT2D eigenvalue weighted by atomic mass is 9.94. The Morgan fingerprint density at radius 1 is 1.06 bits per heavy atom. The number of β-amino-alcohol motifs (C(OH)–C–C–N with tert-alkyl or cyclic N) is 1. The van der Waals surface area contributed by atoms with Crippen molar-refractivity contribution in [3.8, 4) is 0 Å². The largest absolute Gasteiger partial charge is 0.395 e. The normalized spacial score (nSPS) is 33.6. The topological polar surface area (TPSA) is 84.2 Å². The molecule has 0 saturated carbocycles. The van der Waals surface area contributed by atoms with Crippen LogP contribution in [0.4, 0.5) is 0 Å². The van der Waals surface area contributed by atoms with Crippen LogP contribution in [0.5, 0.6) is 0 Å². The summed E-state index contributed by atoms with van der Waals surface area (Å²) in [5, 5.41) is 38.4. The van der Waals surface area contributed by atoms with Crippen molar-refractivity contribution in [1.82, 2.24) is 4.90 Å². The molecule has 2 rings (SSSR count). The summed E-state index contributed by atoms with van der Waals surface area (Å²) in [6.07, 6.45) is -3.33. The first kappa shape index (κ1) is 13.5. The molecule has 4 atom stereocenters. The number of benzene rings is 1. The zero-order valence-corrected chi connectivity index (χ0v) is 10.1. The summed E-state index contributed by atoms with van der Waals surface area (Å²) >= 11 is 0. The first-order valence-electron chi connectivity index (χ1n) is 6.06. The minimum absolute atomic E-state index is 0.234. The molecule has 5 nitrogen and oxygen atoms in total. The molecular formula is C13H19NO4. The number of likely N-dealkylation sites (tertiary alicyclic amines) is 1. The molecule has 5 heteroatoms. The summed E-state index contributed by atoms with van der Waals surface area (Å²) < 4.78 is 0. The second kappa shape index (κ2) is 5.77. The smallest absolute Gasteiger partial charge is 0.109 e. The molecule has 1 aromatic carbocycles. The Bertz CT molecular complexity index is 373. The fourth-order valence-electron chi connectivity index (χ4n) is 2.38. The van der Waals surface area contributed by atoms with Crippen LogP contribution >= 0.6 is 0 Å². The predicted molar refractivity (Wildman–Crippen MR) is 65.7 cm³/mol. The highest BCUT2D eigenvalue weighted by molar-refractivity contribution is 5.15. The van der Waals surface area contributed by atoms with Gasteiger partial charge in [0.2, 0.25) is 0 Å². The quantitative estimate of drug-likeness (QED) is 0.552. The van der Waals surface area contributed by atoms with Gasteiger partial charge in [-0.05, 0) is 5.56 Å². The Balaban J connectivity index is 2.10. The van der Waals surface area contributed by atoms with E-state index < -0.39 is 24.4 Å². The van der Waals surface area contributed by atoms with Crippen molar-refractivity contribution in [2.24, 2.45) is 0 Å². The Morgan fingerprint density at radius 3 is 2.33 bits per heavy atom. The van der Waals surface area contributed by atoms with Gasteiger partial charge in [-0.25, -0.2) is 0 Å². The second-order valence-corrected chi connectivity index (χ2v) is 4.71. The van der Waals surface area contributed by atoms with Crippen molar-refractivity contribution in [3.05, 3.63) is 35.9 Å². The highest BCUT2D eigenvalue weighted by Crippen LogP contribution is 2.21. The maximum atomic E-state index is 9.84. The van der Waals surface area contributed by atoms with Gasteiger partial charge in [0, 0.05) is 13.1 Å². The zero-order chi connectivity index (χ0) is 13.1. The maximum absolute atomic E-state index is 9.84. The van der Waals surface area contributed by atoms with E-state index in [-0.39, 0.29) is 13.2 Å². The van der Waals surface area contributed by atoms with E-state index in [0.717, 1.165) is 5.56 Å². The molecule has 100 valence electrons. The van der Waals surface area contributed by atoms with Gasteiger partial charge in [-0.3, -0.25) is 4.90 Å². The molecule has 1 heterocycles. The van der Waals surface area contributed by atoms with E-state index in [9.17, 15) is 20.4 Å². The molecule has 1 unspecified atom stereocenters. The van der Waals surface area contributed by atoms with Gasteiger partial charge in [-0.2, -0.15) is 0 Å². The SMILES string of the molecule is OCC1[C@@H](O)[C@@H](O)[C@@H](O)CN1Cc1ccccc1. The molecular weight excluding hydrogens is 234 g/mol. The molecule has 0 radical (unpaired) electrons. The van der Waals surface area contributed by atoms with E-state index in [1.165, 1.54) is 0 Å². The summed E-state index contributed by atoms with van der Waals surface area (Å²) in [4.78, 5) is 1.79. The molecule has 4 N–H and O–H groups in total. The lowest BCUT2D eigenvalue weighted by Gasteiger charge is -2.43. The fourth-order valence-corrected chi connectivity index (χ4v) is 2.38. The van der Waals surface area contributed by atoms with Crippen LogP contribution < -0.4 is 0 Å². The maximum Gasteiger partial charge on any atom is 0.109 e. The highest BCUT2D eigenvalue weighted by Gasteiger charge is 2.40. The summed E-state index contributed by atoms with van der Waals surface area (Å²) in [5.41, 5.74) is 1.03. The lowest BCUT2D eigenvalue weighted by Crippen LogP contribution is -2.62. The molecule has 1 aliphatic rings. The van der Waals surface area contributed by atoms with Crippen LogP contribution in [0.1, 0.15) is 5.56 Å². The summed E-state index contributed by atoms with van der Waals surface area (Å²) in [5.74, 6) is 0. The van der Waals surface area contributed by atoms with Crippen LogP contribution in [0, 0.1) is 0 Å². The second-order valence-electron chi connectivity index (χ2n) is 4.71. The number of aliphatic hydroxyl groups excluding tert-OH is 4. The van der Waals surface area contributed by atoms with Crippen molar-refractivity contribution >= 4 is 0 Å². The molecule has 1 aliphatic heterocycles. The van der Waals surface area contributed by atoms with Gasteiger partial charge in [0.1, 0.15) is 12.2 Å². The Kier molecular flexibility index (Phi) is 4.31. The van der Waals surface area contributed by atoms with Crippen molar-refractivity contribution in [2.75, 3.05) is 13.2 Å². The molecule has 0 spiro atoms. The Morgan fingerprint density at radius 2 is 1.72 bits per heavy atom. The first-order valence-corrected chi connectivity index (χ1v) is 6.06. The number of nitrogens with zero attached hydrogens (tertiary/aromatic N) is 1. The number of piperidine rings is 1. The number of hydrogen-bond acceptors (Lipinski definition) is 5. The van der Waals surface area contributed by atoms with E-state index in [0.29, 0.717) is 6.54 Å². The Hall–Kier alpha value is -0.980. The molecule has 18 heavy (non-hydrogen) atoms. The average molecular weight is 253 g/mol. The Labute approximate surface area is 106 Å². The third-order valence-corrected chi connectivity index (χ3v) is 3.44. The molecule has 1 saturated heterocycles. The van der Waals surface area contributed by atoms with Crippen molar-refractivity contribution in [1.29, 1.82) is 0 Å². The van der Waals surface area contributed by atoms with Crippen LogP contribution in [0.2, 0.25) is 0 Å².